The van der Waals surface area contributed by atoms with Crippen LogP contribution in [0.5, 0.6) is 0 Å². The van der Waals surface area contributed by atoms with E-state index in [0.29, 0.717) is 18.9 Å². The molecule has 0 bridgehead atoms. The molecule has 1 spiro atoms. The van der Waals surface area contributed by atoms with Crippen LogP contribution in [-0.2, 0) is 4.79 Å². The van der Waals surface area contributed by atoms with Crippen molar-refractivity contribution in [1.82, 2.24) is 14.9 Å². The highest BCUT2D eigenvalue weighted by molar-refractivity contribution is 5.85. The van der Waals surface area contributed by atoms with Crippen LogP contribution in [0.2, 0.25) is 0 Å². The van der Waals surface area contributed by atoms with Crippen molar-refractivity contribution in [1.29, 1.82) is 0 Å². The maximum atomic E-state index is 13.3. The third-order valence-corrected chi connectivity index (χ3v) is 5.32. The number of nitrogens with zero attached hydrogens (tertiary/aromatic N) is 4. The van der Waals surface area contributed by atoms with Gasteiger partial charge in [0.05, 0.1) is 12.0 Å². The van der Waals surface area contributed by atoms with Crippen LogP contribution >= 0.6 is 0 Å². The van der Waals surface area contributed by atoms with E-state index in [9.17, 15) is 4.79 Å². The molecule has 1 aromatic rings. The Hall–Kier alpha value is -2.09. The van der Waals surface area contributed by atoms with Crippen molar-refractivity contribution in [2.24, 2.45) is 10.8 Å². The number of aliphatic hydroxyl groups is 1. The van der Waals surface area contributed by atoms with E-state index < -0.39 is 0 Å². The summed E-state index contributed by atoms with van der Waals surface area (Å²) >= 11 is 0. The monoisotopic (exact) mass is 376 g/mol. The first kappa shape index (κ1) is 19.7. The molecule has 1 atom stereocenters. The molecular weight excluding hydrogens is 344 g/mol. The number of anilines is 3. The molecule has 2 fully saturated rings. The molecule has 4 N–H and O–H groups in total. The number of carbonyl (C=O) groups is 1. The first-order chi connectivity index (χ1) is 12.7. The molecule has 27 heavy (non-hydrogen) atoms. The Morgan fingerprint density at radius 3 is 2.78 bits per heavy atom. The van der Waals surface area contributed by atoms with Gasteiger partial charge >= 0.3 is 0 Å². The van der Waals surface area contributed by atoms with E-state index >= 15 is 0 Å². The molecule has 0 aliphatic carbocycles. The van der Waals surface area contributed by atoms with Crippen molar-refractivity contribution in [3.8, 4) is 0 Å². The predicted molar refractivity (Wildman–Crippen MR) is 107 cm³/mol. The second-order valence-corrected chi connectivity index (χ2v) is 8.96. The van der Waals surface area contributed by atoms with E-state index in [1.807, 2.05) is 6.07 Å². The van der Waals surface area contributed by atoms with E-state index in [1.54, 1.807) is 0 Å². The maximum absolute atomic E-state index is 13.3. The lowest BCUT2D eigenvalue weighted by molar-refractivity contribution is -0.146. The topological polar surface area (TPSA) is 108 Å². The molecule has 0 saturated carbocycles. The van der Waals surface area contributed by atoms with Crippen molar-refractivity contribution in [2.45, 2.75) is 40.0 Å². The SMILES string of the molecule is CC(C)(C)CN1CCC[C@@]2(CCN(c3cc(NCCO)nc(N)n3)C2)C1=O. The van der Waals surface area contributed by atoms with Crippen LogP contribution in [-0.4, -0.2) is 65.2 Å². The zero-order valence-electron chi connectivity index (χ0n) is 16.7. The number of nitrogens with one attached hydrogen (secondary N) is 1. The number of amides is 1. The molecule has 2 saturated heterocycles. The number of nitrogen functional groups attached to an aromatic ring is 1. The highest BCUT2D eigenvalue weighted by atomic mass is 16.3. The Labute approximate surface area is 161 Å². The molecule has 0 aromatic carbocycles. The molecule has 2 aliphatic heterocycles. The summed E-state index contributed by atoms with van der Waals surface area (Å²) in [7, 11) is 0. The van der Waals surface area contributed by atoms with Crippen molar-refractivity contribution in [3.63, 3.8) is 0 Å². The van der Waals surface area contributed by atoms with Gasteiger partial charge in [-0.3, -0.25) is 4.79 Å². The Bertz CT molecular complexity index is 689. The molecule has 1 amide bonds. The van der Waals surface area contributed by atoms with Gasteiger partial charge in [0.1, 0.15) is 11.6 Å². The predicted octanol–water partition coefficient (Wildman–Crippen LogP) is 1.33. The molecular formula is C19H32N6O2. The third kappa shape index (κ3) is 4.43. The summed E-state index contributed by atoms with van der Waals surface area (Å²) in [4.78, 5) is 26.0. The van der Waals surface area contributed by atoms with Crippen molar-refractivity contribution in [3.05, 3.63) is 6.07 Å². The summed E-state index contributed by atoms with van der Waals surface area (Å²) in [6.45, 7) is 10.0. The average Bonchev–Trinajstić information content (AvgIpc) is 3.01. The molecule has 8 nitrogen and oxygen atoms in total. The van der Waals surface area contributed by atoms with E-state index in [0.717, 1.165) is 44.7 Å². The van der Waals surface area contributed by atoms with Crippen molar-refractivity contribution >= 4 is 23.5 Å². The fourth-order valence-corrected chi connectivity index (χ4v) is 4.21. The van der Waals surface area contributed by atoms with E-state index in [4.69, 9.17) is 10.8 Å². The number of nitrogens with two attached hydrogens (primary N) is 1. The Morgan fingerprint density at radius 1 is 1.30 bits per heavy atom. The molecule has 3 rings (SSSR count). The maximum Gasteiger partial charge on any atom is 0.230 e. The van der Waals surface area contributed by atoms with Crippen LogP contribution in [0.25, 0.3) is 0 Å². The van der Waals surface area contributed by atoms with Gasteiger partial charge < -0.3 is 26.0 Å². The molecule has 2 aliphatic rings. The highest BCUT2D eigenvalue weighted by Crippen LogP contribution is 2.42. The number of carbonyl (C=O) groups excluding carboxylic acids is 1. The number of piperidine rings is 1. The van der Waals surface area contributed by atoms with E-state index in [-0.39, 0.29) is 29.3 Å². The Kier molecular flexibility index (Phi) is 5.46. The second-order valence-electron chi connectivity index (χ2n) is 8.96. The molecule has 1 aromatic heterocycles. The highest BCUT2D eigenvalue weighted by Gasteiger charge is 2.49. The molecule has 3 heterocycles. The summed E-state index contributed by atoms with van der Waals surface area (Å²) < 4.78 is 0. The minimum absolute atomic E-state index is 0.0180. The van der Waals surface area contributed by atoms with Crippen LogP contribution in [0.3, 0.4) is 0 Å². The van der Waals surface area contributed by atoms with Crippen LogP contribution in [0.1, 0.15) is 40.0 Å². The number of aliphatic hydroxyl groups excluding tert-OH is 1. The fourth-order valence-electron chi connectivity index (χ4n) is 4.21. The molecule has 150 valence electrons. The minimum atomic E-state index is -0.318. The normalized spacial score (nSPS) is 23.3. The van der Waals surface area contributed by atoms with E-state index in [2.05, 4.69) is 45.9 Å². The first-order valence-electron chi connectivity index (χ1n) is 9.76. The molecule has 0 unspecified atom stereocenters. The summed E-state index contributed by atoms with van der Waals surface area (Å²) in [5, 5.41) is 12.0. The summed E-state index contributed by atoms with van der Waals surface area (Å²) in [5.41, 5.74) is 5.64. The van der Waals surface area contributed by atoms with Gasteiger partial charge in [-0.05, 0) is 24.7 Å². The van der Waals surface area contributed by atoms with Gasteiger partial charge in [-0.15, -0.1) is 0 Å². The standard InChI is InChI=1S/C19H32N6O2/c1-18(2,3)12-25-8-4-5-19(16(25)27)6-9-24(13-19)15-11-14(21-7-10-26)22-17(20)23-15/h11,26H,4-10,12-13H2,1-3H3,(H3,20,21,22,23)/t19-/m0/s1. The lowest BCUT2D eigenvalue weighted by Crippen LogP contribution is -2.52. The largest absolute Gasteiger partial charge is 0.395 e. The Morgan fingerprint density at radius 2 is 2.07 bits per heavy atom. The van der Waals surface area contributed by atoms with Gasteiger partial charge in [0.15, 0.2) is 0 Å². The number of likely N-dealkylation sites (tertiary alicyclic amines) is 1. The summed E-state index contributed by atoms with van der Waals surface area (Å²) in [5.74, 6) is 1.81. The average molecular weight is 377 g/mol. The number of hydrogen-bond donors (Lipinski definition) is 3. The smallest absolute Gasteiger partial charge is 0.230 e. The van der Waals surface area contributed by atoms with Gasteiger partial charge in [0.25, 0.3) is 0 Å². The number of aromatic nitrogens is 2. The molecule has 8 heteroatoms. The van der Waals surface area contributed by atoms with Crippen LogP contribution < -0.4 is 16.0 Å². The van der Waals surface area contributed by atoms with Gasteiger partial charge in [-0.25, -0.2) is 0 Å². The van der Waals surface area contributed by atoms with Crippen LogP contribution in [0.4, 0.5) is 17.6 Å². The van der Waals surface area contributed by atoms with Gasteiger partial charge in [0.2, 0.25) is 11.9 Å². The summed E-state index contributed by atoms with van der Waals surface area (Å²) in [6.07, 6.45) is 2.82. The van der Waals surface area contributed by atoms with Crippen molar-refractivity contribution in [2.75, 3.05) is 55.3 Å². The lowest BCUT2D eigenvalue weighted by Gasteiger charge is -2.41. The van der Waals surface area contributed by atoms with Crippen molar-refractivity contribution < 1.29 is 9.90 Å². The first-order valence-corrected chi connectivity index (χ1v) is 9.76. The Balaban J connectivity index is 1.75. The lowest BCUT2D eigenvalue weighted by atomic mass is 9.77. The van der Waals surface area contributed by atoms with E-state index in [1.165, 1.54) is 0 Å². The van der Waals surface area contributed by atoms with Gasteiger partial charge in [0, 0.05) is 38.8 Å². The molecule has 0 radical (unpaired) electrons. The quantitative estimate of drug-likeness (QED) is 0.711. The summed E-state index contributed by atoms with van der Waals surface area (Å²) in [6, 6.07) is 1.84. The number of hydrogen-bond acceptors (Lipinski definition) is 7. The zero-order chi connectivity index (χ0) is 19.7. The van der Waals surface area contributed by atoms with Crippen LogP contribution in [0.15, 0.2) is 6.07 Å². The zero-order valence-corrected chi connectivity index (χ0v) is 16.7. The number of rotatable bonds is 5. The van der Waals surface area contributed by atoms with Gasteiger partial charge in [-0.1, -0.05) is 20.8 Å². The second kappa shape index (κ2) is 7.50. The van der Waals surface area contributed by atoms with Gasteiger partial charge in [-0.2, -0.15) is 9.97 Å². The van der Waals surface area contributed by atoms with Crippen LogP contribution in [0, 0.1) is 10.8 Å². The fraction of sp³-hybridized carbons (Fsp3) is 0.737. The third-order valence-electron chi connectivity index (χ3n) is 5.32. The minimum Gasteiger partial charge on any atom is -0.395 e.